The Balaban J connectivity index is 0.00000176. The highest BCUT2D eigenvalue weighted by Crippen LogP contribution is 2.39. The molecule has 2 aromatic carbocycles. The number of fused-ring (bicyclic) bond motifs is 2. The average Bonchev–Trinajstić information content (AvgIpc) is 2.66. The summed E-state index contributed by atoms with van der Waals surface area (Å²) in [6.45, 7) is 1.06. The molecule has 3 rings (SSSR count). The summed E-state index contributed by atoms with van der Waals surface area (Å²) in [7, 11) is 2.02. The number of rotatable bonds is 4. The molecular formula is C19H23Cl2N. The van der Waals surface area contributed by atoms with E-state index in [0.717, 1.165) is 24.4 Å². The van der Waals surface area contributed by atoms with E-state index < -0.39 is 0 Å². The molecule has 2 aromatic rings. The third-order valence-corrected chi connectivity index (χ3v) is 4.88. The first-order valence-electron chi connectivity index (χ1n) is 7.81. The van der Waals surface area contributed by atoms with E-state index in [1.807, 2.05) is 13.1 Å². The van der Waals surface area contributed by atoms with Crippen molar-refractivity contribution in [3.05, 3.63) is 69.7 Å². The zero-order valence-corrected chi connectivity index (χ0v) is 14.5. The molecule has 0 bridgehead atoms. The first-order valence-corrected chi connectivity index (χ1v) is 8.18. The second kappa shape index (κ2) is 8.01. The zero-order chi connectivity index (χ0) is 14.7. The summed E-state index contributed by atoms with van der Waals surface area (Å²) in [5, 5.41) is 4.19. The predicted octanol–water partition coefficient (Wildman–Crippen LogP) is 4.99. The van der Waals surface area contributed by atoms with Crippen molar-refractivity contribution in [2.75, 3.05) is 13.6 Å². The average molecular weight is 336 g/mol. The van der Waals surface area contributed by atoms with Crippen LogP contribution in [-0.2, 0) is 12.8 Å². The van der Waals surface area contributed by atoms with E-state index in [4.69, 9.17) is 11.6 Å². The SMILES string of the molecule is CNCCCC1c2ccccc2CCc2c(Cl)cccc21.Cl. The third-order valence-electron chi connectivity index (χ3n) is 4.52. The van der Waals surface area contributed by atoms with Gasteiger partial charge in [0.15, 0.2) is 0 Å². The van der Waals surface area contributed by atoms with Gasteiger partial charge in [0.25, 0.3) is 0 Å². The first kappa shape index (κ1) is 17.3. The first-order chi connectivity index (χ1) is 10.3. The monoisotopic (exact) mass is 335 g/mol. The van der Waals surface area contributed by atoms with Gasteiger partial charge in [-0.15, -0.1) is 12.4 Å². The number of benzene rings is 2. The lowest BCUT2D eigenvalue weighted by Crippen LogP contribution is -2.11. The van der Waals surface area contributed by atoms with Gasteiger partial charge in [-0.3, -0.25) is 0 Å². The maximum Gasteiger partial charge on any atom is 0.0441 e. The molecule has 0 fully saturated rings. The van der Waals surface area contributed by atoms with Crippen LogP contribution in [0.4, 0.5) is 0 Å². The third kappa shape index (κ3) is 3.48. The van der Waals surface area contributed by atoms with Crippen LogP contribution in [0.25, 0.3) is 0 Å². The van der Waals surface area contributed by atoms with Gasteiger partial charge in [-0.05, 0) is 67.6 Å². The van der Waals surface area contributed by atoms with Crippen LogP contribution in [0.5, 0.6) is 0 Å². The fourth-order valence-electron chi connectivity index (χ4n) is 3.49. The highest BCUT2D eigenvalue weighted by atomic mass is 35.5. The zero-order valence-electron chi connectivity index (χ0n) is 12.9. The predicted molar refractivity (Wildman–Crippen MR) is 97.6 cm³/mol. The molecule has 0 aromatic heterocycles. The van der Waals surface area contributed by atoms with Crippen molar-refractivity contribution in [3.63, 3.8) is 0 Å². The summed E-state index contributed by atoms with van der Waals surface area (Å²) in [6, 6.07) is 15.3. The van der Waals surface area contributed by atoms with Crippen molar-refractivity contribution >= 4 is 24.0 Å². The van der Waals surface area contributed by atoms with Crippen molar-refractivity contribution in [3.8, 4) is 0 Å². The van der Waals surface area contributed by atoms with Crippen LogP contribution in [0.1, 0.15) is 41.0 Å². The Hall–Kier alpha value is -1.02. The van der Waals surface area contributed by atoms with Gasteiger partial charge in [-0.25, -0.2) is 0 Å². The summed E-state index contributed by atoms with van der Waals surface area (Å²) in [5.74, 6) is 0.478. The number of hydrogen-bond donors (Lipinski definition) is 1. The second-order valence-electron chi connectivity index (χ2n) is 5.80. The minimum absolute atomic E-state index is 0. The van der Waals surface area contributed by atoms with E-state index in [1.54, 1.807) is 0 Å². The van der Waals surface area contributed by atoms with Gasteiger partial charge in [-0.1, -0.05) is 48.0 Å². The summed E-state index contributed by atoms with van der Waals surface area (Å²) in [6.07, 6.45) is 4.50. The molecule has 1 aliphatic rings. The van der Waals surface area contributed by atoms with Crippen LogP contribution in [0.15, 0.2) is 42.5 Å². The molecule has 118 valence electrons. The van der Waals surface area contributed by atoms with E-state index in [-0.39, 0.29) is 12.4 Å². The Kier molecular flexibility index (Phi) is 6.31. The van der Waals surface area contributed by atoms with E-state index in [2.05, 4.69) is 41.7 Å². The maximum absolute atomic E-state index is 6.47. The quantitative estimate of drug-likeness (QED) is 0.776. The molecule has 1 aliphatic carbocycles. The standard InChI is InChI=1S/C19H22ClN.ClH/c1-21-13-5-9-16-15-7-3-2-6-14(15)11-12-18-17(16)8-4-10-19(18)20;/h2-4,6-8,10,16,21H,5,9,11-13H2,1H3;1H. The number of aryl methyl sites for hydroxylation is 1. The Morgan fingerprint density at radius 1 is 1.05 bits per heavy atom. The van der Waals surface area contributed by atoms with E-state index in [0.29, 0.717) is 5.92 Å². The molecule has 1 unspecified atom stereocenters. The van der Waals surface area contributed by atoms with Crippen LogP contribution in [0, 0.1) is 0 Å². The molecule has 0 saturated heterocycles. The number of nitrogens with one attached hydrogen (secondary N) is 1. The molecule has 0 radical (unpaired) electrons. The topological polar surface area (TPSA) is 12.0 Å². The molecule has 3 heteroatoms. The fourth-order valence-corrected chi connectivity index (χ4v) is 3.76. The summed E-state index contributed by atoms with van der Waals surface area (Å²) in [5.41, 5.74) is 5.77. The Labute approximate surface area is 144 Å². The lowest BCUT2D eigenvalue weighted by atomic mass is 9.85. The van der Waals surface area contributed by atoms with Crippen LogP contribution in [-0.4, -0.2) is 13.6 Å². The molecule has 0 spiro atoms. The highest BCUT2D eigenvalue weighted by molar-refractivity contribution is 6.31. The van der Waals surface area contributed by atoms with Gasteiger partial charge in [0.05, 0.1) is 0 Å². The Morgan fingerprint density at radius 3 is 2.64 bits per heavy atom. The fraction of sp³-hybridized carbons (Fsp3) is 0.368. The van der Waals surface area contributed by atoms with Gasteiger partial charge in [-0.2, -0.15) is 0 Å². The van der Waals surface area contributed by atoms with Crippen LogP contribution >= 0.6 is 24.0 Å². The summed E-state index contributed by atoms with van der Waals surface area (Å²) < 4.78 is 0. The van der Waals surface area contributed by atoms with Gasteiger partial charge in [0.2, 0.25) is 0 Å². The molecule has 0 heterocycles. The van der Waals surface area contributed by atoms with Crippen molar-refractivity contribution in [1.29, 1.82) is 0 Å². The van der Waals surface area contributed by atoms with Crippen molar-refractivity contribution in [1.82, 2.24) is 5.32 Å². The largest absolute Gasteiger partial charge is 0.320 e. The normalized spacial score (nSPS) is 16.2. The second-order valence-corrected chi connectivity index (χ2v) is 6.21. The molecular weight excluding hydrogens is 313 g/mol. The number of halogens is 2. The van der Waals surface area contributed by atoms with Gasteiger partial charge >= 0.3 is 0 Å². The molecule has 0 amide bonds. The van der Waals surface area contributed by atoms with Gasteiger partial charge in [0, 0.05) is 10.9 Å². The Morgan fingerprint density at radius 2 is 1.82 bits per heavy atom. The van der Waals surface area contributed by atoms with Crippen molar-refractivity contribution < 1.29 is 0 Å². The number of hydrogen-bond acceptors (Lipinski definition) is 1. The van der Waals surface area contributed by atoms with Crippen LogP contribution in [0.3, 0.4) is 0 Å². The molecule has 0 saturated carbocycles. The van der Waals surface area contributed by atoms with E-state index in [1.165, 1.54) is 35.1 Å². The van der Waals surface area contributed by atoms with Crippen LogP contribution in [0.2, 0.25) is 5.02 Å². The summed E-state index contributed by atoms with van der Waals surface area (Å²) >= 11 is 6.47. The summed E-state index contributed by atoms with van der Waals surface area (Å²) in [4.78, 5) is 0. The minimum Gasteiger partial charge on any atom is -0.320 e. The lowest BCUT2D eigenvalue weighted by molar-refractivity contribution is 0.627. The molecule has 22 heavy (non-hydrogen) atoms. The minimum atomic E-state index is 0. The van der Waals surface area contributed by atoms with E-state index in [9.17, 15) is 0 Å². The van der Waals surface area contributed by atoms with Crippen molar-refractivity contribution in [2.24, 2.45) is 0 Å². The maximum atomic E-state index is 6.47. The molecule has 1 N–H and O–H groups in total. The molecule has 1 atom stereocenters. The Bertz CT molecular complexity index is 625. The van der Waals surface area contributed by atoms with Crippen LogP contribution < -0.4 is 5.32 Å². The molecule has 0 aliphatic heterocycles. The van der Waals surface area contributed by atoms with Crippen molar-refractivity contribution in [2.45, 2.75) is 31.6 Å². The highest BCUT2D eigenvalue weighted by Gasteiger charge is 2.24. The molecule has 1 nitrogen and oxygen atoms in total. The van der Waals surface area contributed by atoms with Gasteiger partial charge in [0.1, 0.15) is 0 Å². The smallest absolute Gasteiger partial charge is 0.0441 e. The lowest BCUT2D eigenvalue weighted by Gasteiger charge is -2.21. The van der Waals surface area contributed by atoms with Gasteiger partial charge < -0.3 is 5.32 Å². The van der Waals surface area contributed by atoms with E-state index >= 15 is 0 Å².